The predicted molar refractivity (Wildman–Crippen MR) is 225 cm³/mol. The Morgan fingerprint density at radius 1 is 0.862 bits per heavy atom. The monoisotopic (exact) mass is 791 g/mol. The third kappa shape index (κ3) is 7.26. The first kappa shape index (κ1) is 38.1. The minimum atomic E-state index is -0.498. The minimum absolute atomic E-state index is 0.0504. The maximum absolute atomic E-state index is 12.9. The summed E-state index contributed by atoms with van der Waals surface area (Å²) >= 11 is 0. The number of ether oxygens (including phenoxy) is 4. The normalized spacial score (nSPS) is 23.3. The van der Waals surface area contributed by atoms with E-state index in [0.29, 0.717) is 11.9 Å². The van der Waals surface area contributed by atoms with Gasteiger partial charge in [0.15, 0.2) is 12.0 Å². The van der Waals surface area contributed by atoms with Crippen molar-refractivity contribution in [3.05, 3.63) is 35.5 Å². The van der Waals surface area contributed by atoms with Crippen molar-refractivity contribution in [2.75, 3.05) is 57.8 Å². The molecule has 2 aromatic carbocycles. The lowest BCUT2D eigenvalue weighted by atomic mass is 9.72. The maximum atomic E-state index is 12.9. The smallest absolute Gasteiger partial charge is 0.410 e. The number of carbonyl (C=O) groups excluding carboxylic acids is 1. The van der Waals surface area contributed by atoms with Gasteiger partial charge < -0.3 is 33.6 Å². The molecule has 2 saturated carbocycles. The van der Waals surface area contributed by atoms with E-state index < -0.39 is 5.60 Å². The fourth-order valence-electron chi connectivity index (χ4n) is 9.95. The van der Waals surface area contributed by atoms with E-state index in [2.05, 4.69) is 52.8 Å². The molecular weight excluding hydrogens is 731 g/mol. The quantitative estimate of drug-likeness (QED) is 0.172. The van der Waals surface area contributed by atoms with Gasteiger partial charge in [-0.25, -0.2) is 9.48 Å². The Balaban J connectivity index is 1.08. The van der Waals surface area contributed by atoms with E-state index in [1.807, 2.05) is 25.7 Å². The molecule has 1 spiro atoms. The van der Waals surface area contributed by atoms with Crippen LogP contribution in [0.5, 0.6) is 11.8 Å². The number of nitrogens with zero attached hydrogens (tertiary/aromatic N) is 7. The molecule has 1 unspecified atom stereocenters. The lowest BCUT2D eigenvalue weighted by Crippen LogP contribution is -2.62. The average molecular weight is 792 g/mol. The summed E-state index contributed by atoms with van der Waals surface area (Å²) in [6.07, 6.45) is 14.6. The van der Waals surface area contributed by atoms with Crippen molar-refractivity contribution in [3.63, 3.8) is 0 Å². The number of benzene rings is 2. The van der Waals surface area contributed by atoms with Crippen molar-refractivity contribution < 1.29 is 23.7 Å². The molecule has 4 aliphatic heterocycles. The highest BCUT2D eigenvalue weighted by Gasteiger charge is 2.48. The second-order valence-electron chi connectivity index (χ2n) is 19.4. The zero-order valence-electron chi connectivity index (χ0n) is 35.2. The van der Waals surface area contributed by atoms with Crippen molar-refractivity contribution in [3.8, 4) is 22.9 Å². The van der Waals surface area contributed by atoms with Gasteiger partial charge in [0.2, 0.25) is 0 Å². The molecule has 310 valence electrons. The number of carbonyl (C=O) groups is 1. The maximum Gasteiger partial charge on any atom is 0.410 e. The zero-order chi connectivity index (χ0) is 39.8. The molecule has 0 N–H and O–H groups in total. The summed E-state index contributed by atoms with van der Waals surface area (Å²) < 4.78 is 28.1. The van der Waals surface area contributed by atoms with Gasteiger partial charge >= 0.3 is 12.1 Å². The summed E-state index contributed by atoms with van der Waals surface area (Å²) in [6.45, 7) is 14.0. The first-order valence-electron chi connectivity index (χ1n) is 22.2. The van der Waals surface area contributed by atoms with Crippen LogP contribution in [0.15, 0.2) is 24.4 Å². The van der Waals surface area contributed by atoms with Gasteiger partial charge in [0.05, 0.1) is 17.8 Å². The average Bonchev–Trinajstić information content (AvgIpc) is 3.94. The van der Waals surface area contributed by atoms with Gasteiger partial charge in [-0.2, -0.15) is 15.1 Å². The molecular formula is C46H61N7O5. The molecule has 12 nitrogen and oxygen atoms in total. The van der Waals surface area contributed by atoms with Gasteiger partial charge in [-0.1, -0.05) is 6.07 Å². The van der Waals surface area contributed by atoms with E-state index in [1.165, 1.54) is 28.7 Å². The molecule has 10 rings (SSSR count). The fourth-order valence-corrected chi connectivity index (χ4v) is 9.95. The number of rotatable bonds is 8. The second kappa shape index (κ2) is 14.8. The molecule has 0 radical (unpaired) electrons. The minimum Gasteiger partial charge on any atom is -0.487 e. The molecule has 1 atom stereocenters. The van der Waals surface area contributed by atoms with E-state index in [-0.39, 0.29) is 29.9 Å². The van der Waals surface area contributed by atoms with E-state index in [4.69, 9.17) is 34.0 Å². The molecule has 4 saturated heterocycles. The number of aryl methyl sites for hydroxylation is 1. The van der Waals surface area contributed by atoms with Crippen LogP contribution in [0.2, 0.25) is 0 Å². The number of fused-ring (bicyclic) bond motifs is 2. The number of aromatic nitrogens is 4. The highest BCUT2D eigenvalue weighted by atomic mass is 16.6. The standard InChI is InChI=1S/C46H61N7O5/c1-29-12-15-36-35(26-47-53(36)37-11-6-7-24-55-37)38(29)39-33(30-13-14-30)25-34-40(41(39)56-31-9-8-10-31)48-43(57-32-16-20-50(5)21-17-32)49-42(34)51-22-18-46(19-23-51)27-52(28-46)44(54)58-45(2,3)4/h12,15,25-26,30-32,37H,6-11,13-14,16-24,27-28H2,1-5H3. The fraction of sp³-hybridized carbons (Fsp3) is 0.652. The summed E-state index contributed by atoms with van der Waals surface area (Å²) in [5.74, 6) is 2.25. The SMILES string of the molecule is Cc1ccc2c(cnn2C2CCCCO2)c1-c1c(C2CC2)cc2c(N3CCC4(CC3)CN(C(=O)OC(C)(C)C)C4)nc(OC3CCN(C)CC3)nc2c1OC1CCC1. The molecule has 6 aliphatic rings. The van der Waals surface area contributed by atoms with Crippen LogP contribution in [-0.4, -0.2) is 106 Å². The van der Waals surface area contributed by atoms with Crippen LogP contribution in [0.4, 0.5) is 10.6 Å². The van der Waals surface area contributed by atoms with E-state index in [0.717, 1.165) is 150 Å². The molecule has 2 aliphatic carbocycles. The molecule has 58 heavy (non-hydrogen) atoms. The lowest BCUT2D eigenvalue weighted by molar-refractivity contribution is -0.0434. The summed E-state index contributed by atoms with van der Waals surface area (Å²) in [5.41, 5.74) is 6.44. The number of anilines is 1. The van der Waals surface area contributed by atoms with Gasteiger partial charge in [-0.05, 0) is 147 Å². The van der Waals surface area contributed by atoms with Crippen molar-refractivity contribution in [1.82, 2.24) is 29.5 Å². The molecule has 6 fully saturated rings. The van der Waals surface area contributed by atoms with E-state index in [1.54, 1.807) is 0 Å². The Morgan fingerprint density at radius 3 is 2.29 bits per heavy atom. The third-order valence-corrected chi connectivity index (χ3v) is 13.7. The van der Waals surface area contributed by atoms with Crippen LogP contribution in [-0.2, 0) is 9.47 Å². The third-order valence-electron chi connectivity index (χ3n) is 13.7. The van der Waals surface area contributed by atoms with Crippen LogP contribution in [0.3, 0.4) is 0 Å². The van der Waals surface area contributed by atoms with E-state index in [9.17, 15) is 4.79 Å². The van der Waals surface area contributed by atoms with Crippen LogP contribution >= 0.6 is 0 Å². The number of hydrogen-bond donors (Lipinski definition) is 0. The molecule has 2 aromatic heterocycles. The second-order valence-corrected chi connectivity index (χ2v) is 19.4. The van der Waals surface area contributed by atoms with E-state index >= 15 is 0 Å². The Morgan fingerprint density at radius 2 is 1.62 bits per heavy atom. The molecule has 1 amide bonds. The molecule has 12 heteroatoms. The topological polar surface area (TPSA) is 107 Å². The Labute approximate surface area is 342 Å². The van der Waals surface area contributed by atoms with Gasteiger partial charge in [0.1, 0.15) is 23.0 Å². The van der Waals surface area contributed by atoms with Gasteiger partial charge in [0.25, 0.3) is 0 Å². The number of likely N-dealkylation sites (tertiary alicyclic amines) is 2. The Bertz CT molecular complexity index is 2180. The zero-order valence-corrected chi connectivity index (χ0v) is 35.2. The molecule has 6 heterocycles. The highest BCUT2D eigenvalue weighted by molar-refractivity contribution is 6.06. The van der Waals surface area contributed by atoms with Crippen LogP contribution < -0.4 is 14.4 Å². The Kier molecular flexibility index (Phi) is 9.74. The number of amides is 1. The summed E-state index contributed by atoms with van der Waals surface area (Å²) in [5, 5.41) is 7.18. The predicted octanol–water partition coefficient (Wildman–Crippen LogP) is 8.77. The number of hydrogen-bond acceptors (Lipinski definition) is 10. The summed E-state index contributed by atoms with van der Waals surface area (Å²) in [4.78, 5) is 30.3. The summed E-state index contributed by atoms with van der Waals surface area (Å²) in [6, 6.07) is 7.32. The molecule has 0 bridgehead atoms. The van der Waals surface area contributed by atoms with Crippen molar-refractivity contribution in [2.45, 2.75) is 135 Å². The van der Waals surface area contributed by atoms with Crippen LogP contribution in [0.1, 0.15) is 121 Å². The molecule has 4 aromatic rings. The summed E-state index contributed by atoms with van der Waals surface area (Å²) in [7, 11) is 2.18. The number of piperidine rings is 2. The lowest BCUT2D eigenvalue weighted by Gasteiger charge is -2.53. The highest BCUT2D eigenvalue weighted by Crippen LogP contribution is 2.54. The van der Waals surface area contributed by atoms with Gasteiger partial charge in [0, 0.05) is 67.6 Å². The van der Waals surface area contributed by atoms with Crippen molar-refractivity contribution >= 4 is 33.7 Å². The largest absolute Gasteiger partial charge is 0.487 e. The van der Waals surface area contributed by atoms with Gasteiger partial charge in [-0.15, -0.1) is 0 Å². The van der Waals surface area contributed by atoms with Crippen molar-refractivity contribution in [2.24, 2.45) is 5.41 Å². The Hall–Kier alpha value is -4.16. The van der Waals surface area contributed by atoms with Crippen LogP contribution in [0.25, 0.3) is 32.9 Å². The van der Waals surface area contributed by atoms with Crippen LogP contribution in [0, 0.1) is 12.3 Å². The first-order chi connectivity index (χ1) is 28.0. The van der Waals surface area contributed by atoms with Gasteiger partial charge in [-0.3, -0.25) is 0 Å². The first-order valence-corrected chi connectivity index (χ1v) is 22.2. The van der Waals surface area contributed by atoms with Crippen molar-refractivity contribution in [1.29, 1.82) is 0 Å².